The Labute approximate surface area is 275 Å². The summed E-state index contributed by atoms with van der Waals surface area (Å²) in [5.74, 6) is -5.65. The normalized spacial score (nSPS) is 23.9. The molecule has 1 amide bonds. The van der Waals surface area contributed by atoms with E-state index in [1.165, 1.54) is 34.0 Å². The van der Waals surface area contributed by atoms with Crippen molar-refractivity contribution in [3.05, 3.63) is 94.9 Å². The molecule has 0 radical (unpaired) electrons. The van der Waals surface area contributed by atoms with Crippen LogP contribution in [0.2, 0.25) is 0 Å². The second-order valence-electron chi connectivity index (χ2n) is 11.5. The minimum Gasteiger partial charge on any atom is -0.457 e. The van der Waals surface area contributed by atoms with Gasteiger partial charge in [0.25, 0.3) is 5.91 Å². The number of nitrogens with zero attached hydrogens (tertiary/aromatic N) is 5. The van der Waals surface area contributed by atoms with E-state index in [-0.39, 0.29) is 17.9 Å². The average molecular weight is 680 g/mol. The monoisotopic (exact) mass is 679 g/mol. The Hall–Kier alpha value is -4.70. The summed E-state index contributed by atoms with van der Waals surface area (Å²) in [6, 6.07) is 15.1. The third-order valence-corrected chi connectivity index (χ3v) is 9.19. The Kier molecular flexibility index (Phi) is 8.45. The zero-order valence-corrected chi connectivity index (χ0v) is 26.6. The van der Waals surface area contributed by atoms with Gasteiger partial charge < -0.3 is 23.8 Å². The topological polar surface area (TPSA) is 118 Å². The maximum absolute atomic E-state index is 14.3. The summed E-state index contributed by atoms with van der Waals surface area (Å²) in [6.45, 7) is 3.09. The molecule has 0 spiro atoms. The first-order chi connectivity index (χ1) is 23.1. The molecule has 2 aromatic heterocycles. The van der Waals surface area contributed by atoms with E-state index in [2.05, 4.69) is 15.3 Å². The van der Waals surface area contributed by atoms with Gasteiger partial charge in [-0.1, -0.05) is 35.5 Å². The lowest BCUT2D eigenvalue weighted by molar-refractivity contribution is -0.313. The van der Waals surface area contributed by atoms with E-state index in [1.807, 2.05) is 49.4 Å². The predicted octanol–water partition coefficient (Wildman–Crippen LogP) is 5.30. The highest BCUT2D eigenvalue weighted by Crippen LogP contribution is 2.41. The summed E-state index contributed by atoms with van der Waals surface area (Å²) in [5.41, 5.74) is 1.98. The lowest BCUT2D eigenvalue weighted by Gasteiger charge is -2.48. The Morgan fingerprint density at radius 3 is 2.52 bits per heavy atom. The number of aryl methyl sites for hydroxylation is 1. The van der Waals surface area contributed by atoms with E-state index in [1.54, 1.807) is 13.1 Å². The molecule has 0 bridgehead atoms. The zero-order chi connectivity index (χ0) is 33.7. The molecule has 0 aliphatic carbocycles. The number of hydrogen-bond donors (Lipinski definition) is 0. The molecule has 6 atom stereocenters. The first-order valence-corrected chi connectivity index (χ1v) is 15.7. The fraction of sp³-hybridized carbons (Fsp3) is 0.303. The molecule has 7 rings (SSSR count). The number of esters is 1. The number of likely N-dealkylation sites (N-methyl/N-ethyl adjacent to an activating group) is 1. The molecule has 5 aromatic rings. The maximum atomic E-state index is 14.3. The minimum atomic E-state index is -1.62. The van der Waals surface area contributed by atoms with Crippen molar-refractivity contribution in [2.24, 2.45) is 0 Å². The van der Waals surface area contributed by atoms with Crippen LogP contribution in [-0.4, -0.2) is 69.9 Å². The summed E-state index contributed by atoms with van der Waals surface area (Å²) >= 11 is 1.48. The van der Waals surface area contributed by atoms with Crippen molar-refractivity contribution >= 4 is 39.1 Å². The number of thiazole rings is 1. The number of fused-ring (bicyclic) bond motifs is 2. The highest BCUT2D eigenvalue weighted by Gasteiger charge is 2.55. The maximum Gasteiger partial charge on any atom is 0.303 e. The smallest absolute Gasteiger partial charge is 0.303 e. The van der Waals surface area contributed by atoms with Crippen LogP contribution in [0.25, 0.3) is 21.5 Å². The van der Waals surface area contributed by atoms with Crippen molar-refractivity contribution in [2.75, 3.05) is 18.6 Å². The molecular formula is C33H28F3N5O6S. The number of benzene rings is 3. The number of ether oxygens (including phenoxy) is 4. The number of carbonyl (C=O) groups is 2. The van der Waals surface area contributed by atoms with Gasteiger partial charge in [0, 0.05) is 30.8 Å². The first-order valence-electron chi connectivity index (χ1n) is 14.9. The fourth-order valence-electron chi connectivity index (χ4n) is 6.02. The fourth-order valence-corrected chi connectivity index (χ4v) is 6.88. The molecule has 0 unspecified atom stereocenters. The lowest BCUT2D eigenvalue weighted by atomic mass is 9.90. The van der Waals surface area contributed by atoms with Crippen LogP contribution in [0, 0.1) is 24.4 Å². The lowest BCUT2D eigenvalue weighted by Crippen LogP contribution is -2.63. The van der Waals surface area contributed by atoms with Gasteiger partial charge in [0.2, 0.25) is 0 Å². The van der Waals surface area contributed by atoms with Crippen LogP contribution in [0.1, 0.15) is 29.8 Å². The Balaban J connectivity index is 1.28. The number of anilines is 1. The van der Waals surface area contributed by atoms with Crippen molar-refractivity contribution in [1.82, 2.24) is 20.0 Å². The Morgan fingerprint density at radius 2 is 1.79 bits per heavy atom. The van der Waals surface area contributed by atoms with Gasteiger partial charge >= 0.3 is 5.97 Å². The van der Waals surface area contributed by atoms with Crippen molar-refractivity contribution in [3.8, 4) is 11.3 Å². The molecule has 2 aliphatic heterocycles. The van der Waals surface area contributed by atoms with Gasteiger partial charge in [-0.3, -0.25) is 9.59 Å². The molecule has 4 heterocycles. The summed E-state index contributed by atoms with van der Waals surface area (Å²) in [6.07, 6.45) is -3.90. The van der Waals surface area contributed by atoms with Crippen LogP contribution in [0.3, 0.4) is 0 Å². The highest BCUT2D eigenvalue weighted by atomic mass is 32.1. The predicted molar refractivity (Wildman–Crippen MR) is 166 cm³/mol. The second-order valence-corrected chi connectivity index (χ2v) is 12.7. The molecule has 15 heteroatoms. The largest absolute Gasteiger partial charge is 0.457 e. The molecule has 2 aliphatic rings. The van der Waals surface area contributed by atoms with Crippen molar-refractivity contribution < 1.29 is 41.7 Å². The SMILES string of the molecule is CC(=O)O[C@@H]1[C@@H](n2cc(-c3cc(F)c(F)c(F)c3)nn2)[C@H]2O[C@@H](c3ccccc3)OC[C@H]2O[C@H]1C(=O)N(C)c1ccc2nc(C)sc2c1. The molecule has 48 heavy (non-hydrogen) atoms. The van der Waals surface area contributed by atoms with E-state index in [0.29, 0.717) is 11.3 Å². The van der Waals surface area contributed by atoms with Crippen LogP contribution >= 0.6 is 11.3 Å². The number of hydrogen-bond acceptors (Lipinski definition) is 10. The molecular weight excluding hydrogens is 651 g/mol. The van der Waals surface area contributed by atoms with Gasteiger partial charge in [0.1, 0.15) is 23.9 Å². The second kappa shape index (κ2) is 12.7. The van der Waals surface area contributed by atoms with Gasteiger partial charge in [-0.2, -0.15) is 0 Å². The van der Waals surface area contributed by atoms with Gasteiger partial charge in [0.05, 0.1) is 28.0 Å². The third kappa shape index (κ3) is 5.94. The molecule has 11 nitrogen and oxygen atoms in total. The van der Waals surface area contributed by atoms with E-state index >= 15 is 0 Å². The van der Waals surface area contributed by atoms with E-state index in [0.717, 1.165) is 27.4 Å². The van der Waals surface area contributed by atoms with Crippen molar-refractivity contribution in [2.45, 2.75) is 50.6 Å². The molecule has 248 valence electrons. The summed E-state index contributed by atoms with van der Waals surface area (Å²) < 4.78 is 68.8. The van der Waals surface area contributed by atoms with Crippen LogP contribution in [0.4, 0.5) is 18.9 Å². The summed E-state index contributed by atoms with van der Waals surface area (Å²) in [5, 5.41) is 9.16. The van der Waals surface area contributed by atoms with Gasteiger partial charge in [0.15, 0.2) is 35.9 Å². The molecule has 3 aromatic carbocycles. The van der Waals surface area contributed by atoms with Gasteiger partial charge in [-0.15, -0.1) is 16.4 Å². The van der Waals surface area contributed by atoms with Gasteiger partial charge in [-0.05, 0) is 37.3 Å². The van der Waals surface area contributed by atoms with E-state index in [9.17, 15) is 22.8 Å². The minimum absolute atomic E-state index is 0.00256. The molecule has 0 saturated carbocycles. The first kappa shape index (κ1) is 31.9. The summed E-state index contributed by atoms with van der Waals surface area (Å²) in [7, 11) is 1.58. The van der Waals surface area contributed by atoms with Gasteiger partial charge in [-0.25, -0.2) is 22.8 Å². The number of carbonyl (C=O) groups excluding carboxylic acids is 2. The van der Waals surface area contributed by atoms with E-state index in [4.69, 9.17) is 18.9 Å². The van der Waals surface area contributed by atoms with Crippen molar-refractivity contribution in [1.29, 1.82) is 0 Å². The third-order valence-electron chi connectivity index (χ3n) is 8.26. The molecule has 2 fully saturated rings. The Morgan fingerprint density at radius 1 is 1.04 bits per heavy atom. The van der Waals surface area contributed by atoms with Crippen molar-refractivity contribution in [3.63, 3.8) is 0 Å². The summed E-state index contributed by atoms with van der Waals surface area (Å²) in [4.78, 5) is 32.7. The Bertz CT molecular complexity index is 1990. The quantitative estimate of drug-likeness (QED) is 0.174. The van der Waals surface area contributed by atoms with Crippen LogP contribution < -0.4 is 4.90 Å². The molecule has 0 N–H and O–H groups in total. The van der Waals surface area contributed by atoms with Crippen LogP contribution in [0.15, 0.2) is 66.9 Å². The number of amides is 1. The van der Waals surface area contributed by atoms with Crippen LogP contribution in [-0.2, 0) is 28.5 Å². The average Bonchev–Trinajstić information content (AvgIpc) is 3.71. The van der Waals surface area contributed by atoms with E-state index < -0.39 is 66.1 Å². The number of aromatic nitrogens is 4. The zero-order valence-electron chi connectivity index (χ0n) is 25.7. The standard InChI is InChI=1S/C33H28F3N5O6S/c1-16-37-23-10-9-20(13-26(23)48-16)40(3)32(43)31-30(45-17(2)42)28(29-25(46-31)15-44-33(47-29)18-7-5-4-6-8-18)41-14-24(38-39-41)19-11-21(34)27(36)22(35)12-19/h4-14,25,28-31,33H,15H2,1-3H3/t25-,28+,29+,30-,31-,33+/m1/s1. The van der Waals surface area contributed by atoms with Crippen LogP contribution in [0.5, 0.6) is 0 Å². The highest BCUT2D eigenvalue weighted by molar-refractivity contribution is 7.18. The number of halogens is 3. The number of rotatable bonds is 6. The molecule has 2 saturated heterocycles.